The van der Waals surface area contributed by atoms with Crippen LogP contribution in [0, 0.1) is 13.8 Å². The second kappa shape index (κ2) is 7.90. The van der Waals surface area contributed by atoms with Crippen LogP contribution in [0.3, 0.4) is 0 Å². The van der Waals surface area contributed by atoms with E-state index in [2.05, 4.69) is 4.72 Å². The van der Waals surface area contributed by atoms with Crippen molar-refractivity contribution in [3.05, 3.63) is 47.5 Å². The molecule has 2 N–H and O–H groups in total. The Morgan fingerprint density at radius 2 is 1.93 bits per heavy atom. The fourth-order valence-corrected chi connectivity index (χ4v) is 4.43. The molecule has 1 aliphatic heterocycles. The molecule has 150 valence electrons. The smallest absolute Gasteiger partial charge is 0.248 e. The number of phenolic OH excluding ortho intramolecular Hbond substituents is 1. The molecule has 0 aliphatic carbocycles. The van der Waals surface area contributed by atoms with E-state index in [9.17, 15) is 18.3 Å². The zero-order valence-corrected chi connectivity index (χ0v) is 16.9. The highest BCUT2D eigenvalue weighted by Crippen LogP contribution is 2.32. The average Bonchev–Trinajstić information content (AvgIpc) is 2.64. The highest BCUT2D eigenvalue weighted by molar-refractivity contribution is 7.89. The lowest BCUT2D eigenvalue weighted by Crippen LogP contribution is -2.48. The van der Waals surface area contributed by atoms with Crippen molar-refractivity contribution >= 4 is 15.9 Å². The van der Waals surface area contributed by atoms with E-state index in [1.807, 2.05) is 19.9 Å². The Balaban J connectivity index is 1.91. The summed E-state index contributed by atoms with van der Waals surface area (Å²) in [5.41, 5.74) is 2.93. The van der Waals surface area contributed by atoms with E-state index in [1.165, 1.54) is 17.0 Å². The number of carbonyl (C=O) groups is 1. The number of benzene rings is 2. The number of sulfonamides is 1. The van der Waals surface area contributed by atoms with Crippen LogP contribution in [0.25, 0.3) is 11.1 Å². The Labute approximate surface area is 165 Å². The van der Waals surface area contributed by atoms with Crippen molar-refractivity contribution in [1.82, 2.24) is 9.62 Å². The quantitative estimate of drug-likeness (QED) is 0.792. The summed E-state index contributed by atoms with van der Waals surface area (Å²) >= 11 is 0. The third-order valence-electron chi connectivity index (χ3n) is 4.89. The van der Waals surface area contributed by atoms with Gasteiger partial charge in [-0.1, -0.05) is 12.1 Å². The molecule has 1 atom stereocenters. The summed E-state index contributed by atoms with van der Waals surface area (Å²) in [6.45, 7) is 4.10. The molecule has 28 heavy (non-hydrogen) atoms. The minimum Gasteiger partial charge on any atom is -0.508 e. The summed E-state index contributed by atoms with van der Waals surface area (Å²) < 4.78 is 34.1. The number of nitrogens with one attached hydrogen (secondary N) is 1. The highest BCUT2D eigenvalue weighted by Gasteiger charge is 2.27. The van der Waals surface area contributed by atoms with E-state index in [4.69, 9.17) is 4.74 Å². The molecule has 1 fully saturated rings. The van der Waals surface area contributed by atoms with Gasteiger partial charge in [-0.3, -0.25) is 4.79 Å². The largest absolute Gasteiger partial charge is 0.508 e. The molecule has 1 saturated heterocycles. The maximum atomic E-state index is 13.1. The second-order valence-corrected chi connectivity index (χ2v) is 8.78. The first-order valence-corrected chi connectivity index (χ1v) is 10.4. The molecule has 3 rings (SSSR count). The van der Waals surface area contributed by atoms with Gasteiger partial charge in [0.15, 0.2) is 0 Å². The van der Waals surface area contributed by atoms with Crippen molar-refractivity contribution in [2.75, 3.05) is 26.7 Å². The topological polar surface area (TPSA) is 95.9 Å². The minimum atomic E-state index is -3.84. The number of aromatic hydroxyl groups is 1. The van der Waals surface area contributed by atoms with Gasteiger partial charge in [-0.05, 0) is 54.8 Å². The predicted octanol–water partition coefficient (Wildman–Crippen LogP) is 1.81. The summed E-state index contributed by atoms with van der Waals surface area (Å²) in [7, 11) is -2.17. The van der Waals surface area contributed by atoms with Crippen LogP contribution < -0.4 is 4.72 Å². The molecular weight excluding hydrogens is 380 g/mol. The molecular formula is C20H24N2O5S. The van der Waals surface area contributed by atoms with Gasteiger partial charge < -0.3 is 14.7 Å². The number of aryl methyl sites for hydroxylation is 2. The van der Waals surface area contributed by atoms with Gasteiger partial charge in [0.05, 0.1) is 11.0 Å². The maximum Gasteiger partial charge on any atom is 0.248 e. The Morgan fingerprint density at radius 3 is 2.61 bits per heavy atom. The molecule has 7 nitrogen and oxygen atoms in total. The number of likely N-dealkylation sites (N-methyl/N-ethyl adjacent to an activating group) is 1. The maximum absolute atomic E-state index is 13.1. The number of carbonyl (C=O) groups excluding carboxylic acids is 1. The highest BCUT2D eigenvalue weighted by atomic mass is 32.2. The van der Waals surface area contributed by atoms with Gasteiger partial charge in [-0.15, -0.1) is 0 Å². The molecule has 1 aliphatic rings. The Bertz CT molecular complexity index is 1000. The zero-order chi connectivity index (χ0) is 20.5. The molecule has 1 heterocycles. The number of nitrogens with zero attached hydrogens (tertiary/aromatic N) is 1. The molecule has 0 saturated carbocycles. The van der Waals surface area contributed by atoms with Crippen molar-refractivity contribution in [2.45, 2.75) is 24.8 Å². The fourth-order valence-electron chi connectivity index (χ4n) is 3.07. The predicted molar refractivity (Wildman–Crippen MR) is 106 cm³/mol. The molecule has 1 amide bonds. The van der Waals surface area contributed by atoms with Crippen LogP contribution in [0.15, 0.2) is 41.3 Å². The number of morpholine rings is 1. The normalized spacial score (nSPS) is 17.8. The summed E-state index contributed by atoms with van der Waals surface area (Å²) in [4.78, 5) is 13.2. The Morgan fingerprint density at radius 1 is 1.21 bits per heavy atom. The fraction of sp³-hybridized carbons (Fsp3) is 0.350. The van der Waals surface area contributed by atoms with E-state index >= 15 is 0 Å². The summed E-state index contributed by atoms with van der Waals surface area (Å²) in [6.07, 6.45) is -0.409. The average molecular weight is 404 g/mol. The Kier molecular flexibility index (Phi) is 5.74. The van der Waals surface area contributed by atoms with Gasteiger partial charge in [0.2, 0.25) is 15.9 Å². The number of ether oxygens (including phenoxy) is 1. The standard InChI is InChI=1S/C20H24N2O5S/c1-13-7-18(15-5-4-6-16(23)9-15)19(8-14(13)2)28(25,26)21-10-17-11-22(3)20(24)12-27-17/h4-9,17,21,23H,10-12H2,1-3H3. The molecule has 0 spiro atoms. The van der Waals surface area contributed by atoms with Gasteiger partial charge in [-0.25, -0.2) is 13.1 Å². The van der Waals surface area contributed by atoms with E-state index in [0.29, 0.717) is 17.7 Å². The van der Waals surface area contributed by atoms with Gasteiger partial charge in [0, 0.05) is 25.7 Å². The molecule has 1 unspecified atom stereocenters. The second-order valence-electron chi connectivity index (χ2n) is 7.04. The number of rotatable bonds is 5. The SMILES string of the molecule is Cc1cc(-c2cccc(O)c2)c(S(=O)(=O)NCC2CN(C)C(=O)CO2)cc1C. The number of hydrogen-bond donors (Lipinski definition) is 2. The van der Waals surface area contributed by atoms with E-state index < -0.39 is 16.1 Å². The van der Waals surface area contributed by atoms with Crippen LogP contribution >= 0.6 is 0 Å². The van der Waals surface area contributed by atoms with Crippen LogP contribution in [0.5, 0.6) is 5.75 Å². The molecule has 2 aromatic carbocycles. The van der Waals surface area contributed by atoms with Gasteiger partial charge in [0.1, 0.15) is 12.4 Å². The van der Waals surface area contributed by atoms with Crippen LogP contribution in [0.2, 0.25) is 0 Å². The lowest BCUT2D eigenvalue weighted by molar-refractivity contribution is -0.146. The first-order valence-electron chi connectivity index (χ1n) is 8.93. The number of phenols is 1. The molecule has 0 radical (unpaired) electrons. The number of hydrogen-bond acceptors (Lipinski definition) is 5. The number of amides is 1. The van der Waals surface area contributed by atoms with E-state index in [1.54, 1.807) is 25.2 Å². The van der Waals surface area contributed by atoms with Gasteiger partial charge in [-0.2, -0.15) is 0 Å². The molecule has 8 heteroatoms. The Hall–Kier alpha value is -2.42. The van der Waals surface area contributed by atoms with Crippen LogP contribution in [0.4, 0.5) is 0 Å². The third kappa shape index (κ3) is 4.35. The monoisotopic (exact) mass is 404 g/mol. The van der Waals surface area contributed by atoms with Gasteiger partial charge in [0.25, 0.3) is 0 Å². The van der Waals surface area contributed by atoms with Crippen LogP contribution in [-0.2, 0) is 19.6 Å². The minimum absolute atomic E-state index is 0.0545. The van der Waals surface area contributed by atoms with Crippen molar-refractivity contribution in [2.24, 2.45) is 0 Å². The molecule has 0 aromatic heterocycles. The van der Waals surface area contributed by atoms with E-state index in [0.717, 1.165) is 11.1 Å². The molecule has 0 bridgehead atoms. The molecule has 2 aromatic rings. The van der Waals surface area contributed by atoms with Crippen molar-refractivity contribution in [3.8, 4) is 16.9 Å². The van der Waals surface area contributed by atoms with Gasteiger partial charge >= 0.3 is 0 Å². The summed E-state index contributed by atoms with van der Waals surface area (Å²) in [5.74, 6) is -0.0604. The first kappa shape index (κ1) is 20.3. The van der Waals surface area contributed by atoms with E-state index in [-0.39, 0.29) is 29.7 Å². The van der Waals surface area contributed by atoms with Crippen molar-refractivity contribution in [1.29, 1.82) is 0 Å². The van der Waals surface area contributed by atoms with Crippen LogP contribution in [0.1, 0.15) is 11.1 Å². The zero-order valence-electron chi connectivity index (χ0n) is 16.1. The summed E-state index contributed by atoms with van der Waals surface area (Å²) in [5, 5.41) is 9.80. The third-order valence-corrected chi connectivity index (χ3v) is 6.35. The lowest BCUT2D eigenvalue weighted by atomic mass is 10.0. The van der Waals surface area contributed by atoms with Crippen molar-refractivity contribution in [3.63, 3.8) is 0 Å². The van der Waals surface area contributed by atoms with Crippen molar-refractivity contribution < 1.29 is 23.1 Å². The van der Waals surface area contributed by atoms with Crippen LogP contribution in [-0.4, -0.2) is 57.2 Å². The first-order chi connectivity index (χ1) is 13.2. The summed E-state index contributed by atoms with van der Waals surface area (Å²) in [6, 6.07) is 9.94. The lowest BCUT2D eigenvalue weighted by Gasteiger charge is -2.30.